The molecule has 0 unspecified atom stereocenters. The number of halogens is 2. The molecule has 1 N–H and O–H groups in total. The van der Waals surface area contributed by atoms with E-state index in [2.05, 4.69) is 10.2 Å². The lowest BCUT2D eigenvalue weighted by Crippen LogP contribution is -2.49. The molecule has 2 aliphatic rings. The lowest BCUT2D eigenvalue weighted by molar-refractivity contribution is -0.139. The monoisotopic (exact) mass is 425 g/mol. The summed E-state index contributed by atoms with van der Waals surface area (Å²) >= 11 is 12.6. The van der Waals surface area contributed by atoms with Gasteiger partial charge in [-0.15, -0.1) is 0 Å². The third-order valence-electron chi connectivity index (χ3n) is 5.19. The largest absolute Gasteiger partial charge is 0.463 e. The average Bonchev–Trinajstić information content (AvgIpc) is 2.68. The number of carbonyl (C=O) groups excluding carboxylic acids is 2. The first kappa shape index (κ1) is 21.0. The molecule has 1 fully saturated rings. The normalized spacial score (nSPS) is 20.9. The predicted octanol–water partition coefficient (Wildman–Crippen LogP) is 3.99. The molecule has 0 spiro atoms. The van der Waals surface area contributed by atoms with E-state index in [9.17, 15) is 9.59 Å². The number of nitrogens with one attached hydrogen (secondary N) is 1. The third kappa shape index (κ3) is 4.29. The summed E-state index contributed by atoms with van der Waals surface area (Å²) in [7, 11) is 1.67. The quantitative estimate of drug-likeness (QED) is 0.724. The number of hydrogen-bond donors (Lipinski definition) is 1. The highest BCUT2D eigenvalue weighted by atomic mass is 35.5. The number of nitrogens with zero attached hydrogens (tertiary/aromatic N) is 2. The number of rotatable bonds is 5. The van der Waals surface area contributed by atoms with Crippen LogP contribution in [0.1, 0.15) is 37.8 Å². The van der Waals surface area contributed by atoms with E-state index in [1.54, 1.807) is 32.2 Å². The van der Waals surface area contributed by atoms with Crippen molar-refractivity contribution in [1.29, 1.82) is 0 Å². The van der Waals surface area contributed by atoms with E-state index in [0.29, 0.717) is 33.4 Å². The van der Waals surface area contributed by atoms with Crippen LogP contribution in [0.25, 0.3) is 0 Å². The number of esters is 1. The van der Waals surface area contributed by atoms with Gasteiger partial charge in [-0.25, -0.2) is 9.59 Å². The Balaban J connectivity index is 2.09. The molecule has 1 aromatic carbocycles. The van der Waals surface area contributed by atoms with E-state index in [1.807, 2.05) is 0 Å². The SMILES string of the molecule is CCOC(=O)C1=C(CN2CCCCC2)N(C)C(=O)N[C@H]1c1cccc(Cl)c1Cl. The molecular weight excluding hydrogens is 401 g/mol. The van der Waals surface area contributed by atoms with Gasteiger partial charge in [0.25, 0.3) is 0 Å². The van der Waals surface area contributed by atoms with Gasteiger partial charge in [0.1, 0.15) is 0 Å². The summed E-state index contributed by atoms with van der Waals surface area (Å²) in [4.78, 5) is 29.4. The van der Waals surface area contributed by atoms with Crippen LogP contribution < -0.4 is 5.32 Å². The minimum atomic E-state index is -0.714. The molecule has 1 aromatic rings. The van der Waals surface area contributed by atoms with Crippen LogP contribution in [0.15, 0.2) is 29.5 Å². The van der Waals surface area contributed by atoms with Crippen molar-refractivity contribution in [2.75, 3.05) is 33.3 Å². The van der Waals surface area contributed by atoms with Gasteiger partial charge in [0, 0.05) is 19.3 Å². The Morgan fingerprint density at radius 1 is 1.25 bits per heavy atom. The highest BCUT2D eigenvalue weighted by Gasteiger charge is 2.38. The molecule has 2 amide bonds. The van der Waals surface area contributed by atoms with E-state index in [-0.39, 0.29) is 12.6 Å². The molecule has 2 aliphatic heterocycles. The van der Waals surface area contributed by atoms with Gasteiger partial charge in [0.2, 0.25) is 0 Å². The van der Waals surface area contributed by atoms with Crippen molar-refractivity contribution in [1.82, 2.24) is 15.1 Å². The van der Waals surface area contributed by atoms with Crippen LogP contribution in [-0.4, -0.2) is 55.1 Å². The van der Waals surface area contributed by atoms with Gasteiger partial charge in [-0.05, 0) is 44.5 Å². The van der Waals surface area contributed by atoms with E-state index < -0.39 is 12.0 Å². The van der Waals surface area contributed by atoms with Crippen LogP contribution in [0.5, 0.6) is 0 Å². The van der Waals surface area contributed by atoms with Gasteiger partial charge in [0.15, 0.2) is 0 Å². The maximum absolute atomic E-state index is 12.9. The van der Waals surface area contributed by atoms with Crippen LogP contribution in [0.4, 0.5) is 4.79 Å². The van der Waals surface area contributed by atoms with Crippen molar-refractivity contribution >= 4 is 35.2 Å². The number of benzene rings is 1. The average molecular weight is 426 g/mol. The fourth-order valence-electron chi connectivity index (χ4n) is 3.70. The van der Waals surface area contributed by atoms with Crippen molar-refractivity contribution in [3.8, 4) is 0 Å². The second-order valence-corrected chi connectivity index (χ2v) is 7.79. The van der Waals surface area contributed by atoms with E-state index in [4.69, 9.17) is 27.9 Å². The zero-order chi connectivity index (χ0) is 20.3. The topological polar surface area (TPSA) is 61.9 Å². The van der Waals surface area contributed by atoms with Crippen molar-refractivity contribution < 1.29 is 14.3 Å². The Kier molecular flexibility index (Phi) is 6.86. The molecule has 0 aromatic heterocycles. The maximum atomic E-state index is 12.9. The van der Waals surface area contributed by atoms with Gasteiger partial charge in [-0.2, -0.15) is 0 Å². The summed E-state index contributed by atoms with van der Waals surface area (Å²) in [5, 5.41) is 3.56. The smallest absolute Gasteiger partial charge is 0.338 e. The van der Waals surface area contributed by atoms with Gasteiger partial charge in [-0.3, -0.25) is 9.80 Å². The minimum Gasteiger partial charge on any atom is -0.463 e. The molecule has 0 bridgehead atoms. The van der Waals surface area contributed by atoms with Crippen LogP contribution in [0.3, 0.4) is 0 Å². The van der Waals surface area contributed by atoms with Gasteiger partial charge in [-0.1, -0.05) is 41.8 Å². The highest BCUT2D eigenvalue weighted by molar-refractivity contribution is 6.42. The molecule has 152 valence electrons. The Bertz CT molecular complexity index is 791. The van der Waals surface area contributed by atoms with E-state index in [0.717, 1.165) is 25.9 Å². The number of likely N-dealkylation sites (N-methyl/N-ethyl adjacent to an activating group) is 1. The van der Waals surface area contributed by atoms with Gasteiger partial charge in [0.05, 0.1) is 28.3 Å². The maximum Gasteiger partial charge on any atom is 0.338 e. The molecule has 6 nitrogen and oxygen atoms in total. The third-order valence-corrected chi connectivity index (χ3v) is 6.02. The summed E-state index contributed by atoms with van der Waals surface area (Å²) < 4.78 is 5.34. The number of likely N-dealkylation sites (tertiary alicyclic amines) is 1. The summed E-state index contributed by atoms with van der Waals surface area (Å²) in [6, 6.07) is 4.19. The molecule has 28 heavy (non-hydrogen) atoms. The highest BCUT2D eigenvalue weighted by Crippen LogP contribution is 2.37. The summed E-state index contributed by atoms with van der Waals surface area (Å²) in [5.41, 5.74) is 1.62. The van der Waals surface area contributed by atoms with Crippen molar-refractivity contribution in [3.05, 3.63) is 45.1 Å². The molecule has 1 saturated heterocycles. The molecular formula is C20H25Cl2N3O3. The van der Waals surface area contributed by atoms with Crippen LogP contribution in [0.2, 0.25) is 10.0 Å². The summed E-state index contributed by atoms with van der Waals surface area (Å²) in [6.07, 6.45) is 3.43. The predicted molar refractivity (Wildman–Crippen MR) is 109 cm³/mol. The Hall–Kier alpha value is -1.76. The molecule has 3 rings (SSSR count). The fraction of sp³-hybridized carbons (Fsp3) is 0.500. The van der Waals surface area contributed by atoms with Gasteiger partial charge >= 0.3 is 12.0 Å². The van der Waals surface area contributed by atoms with Crippen molar-refractivity contribution in [3.63, 3.8) is 0 Å². The van der Waals surface area contributed by atoms with Crippen LogP contribution in [-0.2, 0) is 9.53 Å². The number of urea groups is 1. The van der Waals surface area contributed by atoms with Crippen LogP contribution in [0, 0.1) is 0 Å². The van der Waals surface area contributed by atoms with E-state index >= 15 is 0 Å². The first-order chi connectivity index (χ1) is 13.4. The molecule has 0 saturated carbocycles. The first-order valence-electron chi connectivity index (χ1n) is 9.54. The standard InChI is InChI=1S/C20H25Cl2N3O3/c1-3-28-19(26)16-15(12-25-10-5-4-6-11-25)24(2)20(27)23-18(16)13-8-7-9-14(21)17(13)22/h7-9,18H,3-6,10-12H2,1-2H3,(H,23,27)/t18-/m0/s1. The number of amides is 2. The van der Waals surface area contributed by atoms with Crippen LogP contribution >= 0.6 is 23.2 Å². The zero-order valence-electron chi connectivity index (χ0n) is 16.1. The lowest BCUT2D eigenvalue weighted by Gasteiger charge is -2.37. The number of piperidine rings is 1. The second kappa shape index (κ2) is 9.16. The number of ether oxygens (including phenoxy) is 1. The van der Waals surface area contributed by atoms with E-state index in [1.165, 1.54) is 11.3 Å². The molecule has 8 heteroatoms. The molecule has 0 radical (unpaired) electrons. The zero-order valence-corrected chi connectivity index (χ0v) is 17.6. The Morgan fingerprint density at radius 3 is 2.64 bits per heavy atom. The summed E-state index contributed by atoms with van der Waals surface area (Å²) in [6.45, 7) is 4.39. The molecule has 1 atom stereocenters. The Morgan fingerprint density at radius 2 is 1.96 bits per heavy atom. The van der Waals surface area contributed by atoms with Crippen molar-refractivity contribution in [2.45, 2.75) is 32.2 Å². The van der Waals surface area contributed by atoms with Crippen molar-refractivity contribution in [2.24, 2.45) is 0 Å². The lowest BCUT2D eigenvalue weighted by atomic mass is 9.94. The number of hydrogen-bond acceptors (Lipinski definition) is 4. The molecule has 2 heterocycles. The fourth-order valence-corrected chi connectivity index (χ4v) is 4.12. The minimum absolute atomic E-state index is 0.243. The molecule has 0 aliphatic carbocycles. The second-order valence-electron chi connectivity index (χ2n) is 7.00. The Labute approximate surface area is 175 Å². The van der Waals surface area contributed by atoms with Gasteiger partial charge < -0.3 is 10.1 Å². The number of carbonyl (C=O) groups is 2. The first-order valence-corrected chi connectivity index (χ1v) is 10.3. The summed E-state index contributed by atoms with van der Waals surface area (Å²) in [5.74, 6) is -0.456.